The highest BCUT2D eigenvalue weighted by atomic mass is 32.1. The zero-order valence-electron chi connectivity index (χ0n) is 17.3. The number of pyridine rings is 1. The number of furan rings is 1. The highest BCUT2D eigenvalue weighted by molar-refractivity contribution is 7.16. The van der Waals surface area contributed by atoms with Crippen LogP contribution in [0.3, 0.4) is 0 Å². The van der Waals surface area contributed by atoms with Gasteiger partial charge in [-0.15, -0.1) is 0 Å². The SMILES string of the molecule is Cc1cc(C(=O)Nc2nc(-c3ccco3)c(C(C)(O)C3CCOCC3)s2)cnc1C. The predicted octanol–water partition coefficient (Wildman–Crippen LogP) is 4.30. The second-order valence-corrected chi connectivity index (χ2v) is 8.79. The topological polar surface area (TPSA) is 97.5 Å². The number of anilines is 1. The van der Waals surface area contributed by atoms with E-state index in [1.165, 1.54) is 11.3 Å². The van der Waals surface area contributed by atoms with E-state index in [-0.39, 0.29) is 11.8 Å². The zero-order chi connectivity index (χ0) is 21.3. The van der Waals surface area contributed by atoms with E-state index in [1.54, 1.807) is 30.7 Å². The summed E-state index contributed by atoms with van der Waals surface area (Å²) in [6.07, 6.45) is 4.65. The van der Waals surface area contributed by atoms with Gasteiger partial charge in [0.2, 0.25) is 0 Å². The molecule has 0 aromatic carbocycles. The van der Waals surface area contributed by atoms with Gasteiger partial charge in [0.05, 0.1) is 16.7 Å². The van der Waals surface area contributed by atoms with E-state index in [2.05, 4.69) is 15.3 Å². The molecule has 8 heteroatoms. The third-order valence-electron chi connectivity index (χ3n) is 5.68. The molecule has 30 heavy (non-hydrogen) atoms. The fourth-order valence-corrected chi connectivity index (χ4v) is 4.77. The maximum Gasteiger partial charge on any atom is 0.259 e. The zero-order valence-corrected chi connectivity index (χ0v) is 18.1. The van der Waals surface area contributed by atoms with Crippen LogP contribution >= 0.6 is 11.3 Å². The van der Waals surface area contributed by atoms with Crippen LogP contribution in [0, 0.1) is 19.8 Å². The number of aryl methyl sites for hydroxylation is 2. The summed E-state index contributed by atoms with van der Waals surface area (Å²) in [5, 5.41) is 14.7. The molecule has 1 amide bonds. The van der Waals surface area contributed by atoms with Gasteiger partial charge in [-0.05, 0) is 63.3 Å². The number of rotatable bonds is 5. The van der Waals surface area contributed by atoms with E-state index >= 15 is 0 Å². The Balaban J connectivity index is 1.67. The number of aliphatic hydroxyl groups is 1. The Kier molecular flexibility index (Phi) is 5.73. The first kappa shape index (κ1) is 20.7. The molecule has 1 aliphatic rings. The van der Waals surface area contributed by atoms with Crippen LogP contribution in [0.4, 0.5) is 5.13 Å². The van der Waals surface area contributed by atoms with E-state index in [0.717, 1.165) is 24.1 Å². The van der Waals surface area contributed by atoms with Crippen molar-refractivity contribution < 1.29 is 19.1 Å². The van der Waals surface area contributed by atoms with Crippen molar-refractivity contribution in [3.63, 3.8) is 0 Å². The first-order chi connectivity index (χ1) is 14.4. The molecule has 3 aromatic rings. The first-order valence-electron chi connectivity index (χ1n) is 9.96. The summed E-state index contributed by atoms with van der Waals surface area (Å²) in [5.74, 6) is 0.303. The molecule has 1 unspecified atom stereocenters. The Hall–Kier alpha value is -2.55. The van der Waals surface area contributed by atoms with Crippen LogP contribution in [-0.2, 0) is 10.3 Å². The van der Waals surface area contributed by atoms with Crippen molar-refractivity contribution in [3.8, 4) is 11.5 Å². The van der Waals surface area contributed by atoms with Gasteiger partial charge < -0.3 is 14.3 Å². The summed E-state index contributed by atoms with van der Waals surface area (Å²) in [6, 6.07) is 5.38. The van der Waals surface area contributed by atoms with E-state index in [0.29, 0.717) is 40.2 Å². The average molecular weight is 428 g/mol. The molecule has 0 spiro atoms. The van der Waals surface area contributed by atoms with Gasteiger partial charge in [0, 0.05) is 25.1 Å². The van der Waals surface area contributed by atoms with Gasteiger partial charge in [-0.2, -0.15) is 0 Å². The molecule has 4 heterocycles. The molecule has 7 nitrogen and oxygen atoms in total. The average Bonchev–Trinajstić information content (AvgIpc) is 3.40. The highest BCUT2D eigenvalue weighted by Crippen LogP contribution is 2.44. The van der Waals surface area contributed by atoms with E-state index < -0.39 is 5.60 Å². The Bertz CT molecular complexity index is 1040. The molecule has 2 N–H and O–H groups in total. The van der Waals surface area contributed by atoms with Crippen LogP contribution in [0.25, 0.3) is 11.5 Å². The van der Waals surface area contributed by atoms with Crippen LogP contribution in [0.2, 0.25) is 0 Å². The predicted molar refractivity (Wildman–Crippen MR) is 115 cm³/mol. The lowest BCUT2D eigenvalue weighted by Gasteiger charge is -2.35. The van der Waals surface area contributed by atoms with Gasteiger partial charge >= 0.3 is 0 Å². The Morgan fingerprint density at radius 2 is 2.10 bits per heavy atom. The summed E-state index contributed by atoms with van der Waals surface area (Å²) in [4.78, 5) is 22.3. The second kappa shape index (κ2) is 8.29. The minimum absolute atomic E-state index is 0.0351. The van der Waals surface area contributed by atoms with E-state index in [1.807, 2.05) is 20.8 Å². The molecule has 0 saturated carbocycles. The number of hydrogen-bond donors (Lipinski definition) is 2. The molecular formula is C22H25N3O4S. The number of carbonyl (C=O) groups is 1. The molecule has 1 aliphatic heterocycles. The Morgan fingerprint density at radius 1 is 1.33 bits per heavy atom. The number of amides is 1. The summed E-state index contributed by atoms with van der Waals surface area (Å²) in [5.41, 5.74) is 1.73. The summed E-state index contributed by atoms with van der Waals surface area (Å²) in [7, 11) is 0. The molecule has 158 valence electrons. The normalized spacial score (nSPS) is 16.9. The van der Waals surface area contributed by atoms with Gasteiger partial charge in [0.25, 0.3) is 5.91 Å². The fraction of sp³-hybridized carbons (Fsp3) is 0.409. The van der Waals surface area contributed by atoms with Crippen LogP contribution in [-0.4, -0.2) is 34.2 Å². The molecule has 1 fully saturated rings. The number of nitrogens with one attached hydrogen (secondary N) is 1. The molecule has 0 radical (unpaired) electrons. The molecule has 1 saturated heterocycles. The summed E-state index contributed by atoms with van der Waals surface area (Å²) < 4.78 is 11.0. The van der Waals surface area contributed by atoms with E-state index in [9.17, 15) is 9.90 Å². The molecular weight excluding hydrogens is 402 g/mol. The number of thiazole rings is 1. The lowest BCUT2D eigenvalue weighted by atomic mass is 9.81. The smallest absolute Gasteiger partial charge is 0.259 e. The van der Waals surface area contributed by atoms with E-state index in [4.69, 9.17) is 9.15 Å². The van der Waals surface area contributed by atoms with Crippen molar-refractivity contribution >= 4 is 22.4 Å². The van der Waals surface area contributed by atoms with Crippen molar-refractivity contribution in [1.82, 2.24) is 9.97 Å². The minimum Gasteiger partial charge on any atom is -0.463 e. The monoisotopic (exact) mass is 427 g/mol. The van der Waals surface area contributed by atoms with Crippen molar-refractivity contribution in [2.24, 2.45) is 5.92 Å². The molecule has 0 aliphatic carbocycles. The number of ether oxygens (including phenoxy) is 1. The van der Waals surface area contributed by atoms with Crippen molar-refractivity contribution in [1.29, 1.82) is 0 Å². The van der Waals surface area contributed by atoms with Crippen LogP contribution in [0.1, 0.15) is 46.3 Å². The second-order valence-electron chi connectivity index (χ2n) is 7.79. The standard InChI is InChI=1S/C22H25N3O4S/c1-13-11-15(12-23-14(13)2)20(26)25-21-24-18(17-5-4-8-29-17)19(30-21)22(3,27)16-6-9-28-10-7-16/h4-5,8,11-12,16,27H,6-7,9-10H2,1-3H3,(H,24,25,26). The van der Waals surface area contributed by atoms with Crippen LogP contribution in [0.15, 0.2) is 35.1 Å². The Morgan fingerprint density at radius 3 is 2.77 bits per heavy atom. The maximum absolute atomic E-state index is 12.7. The maximum atomic E-state index is 12.7. The summed E-state index contributed by atoms with van der Waals surface area (Å²) >= 11 is 1.27. The third-order valence-corrected chi connectivity index (χ3v) is 6.88. The molecule has 0 bridgehead atoms. The number of hydrogen-bond acceptors (Lipinski definition) is 7. The largest absolute Gasteiger partial charge is 0.463 e. The molecule has 1 atom stereocenters. The fourth-order valence-electron chi connectivity index (χ4n) is 3.68. The highest BCUT2D eigenvalue weighted by Gasteiger charge is 2.39. The van der Waals surface area contributed by atoms with Crippen molar-refractivity contribution in [2.75, 3.05) is 18.5 Å². The van der Waals surface area contributed by atoms with Crippen molar-refractivity contribution in [3.05, 3.63) is 52.4 Å². The van der Waals surface area contributed by atoms with Gasteiger partial charge in [0.15, 0.2) is 10.9 Å². The van der Waals surface area contributed by atoms with Crippen LogP contribution in [0.5, 0.6) is 0 Å². The third kappa shape index (κ3) is 4.03. The minimum atomic E-state index is -1.12. The van der Waals surface area contributed by atoms with Gasteiger partial charge in [-0.3, -0.25) is 15.1 Å². The lowest BCUT2D eigenvalue weighted by Crippen LogP contribution is -2.35. The van der Waals surface area contributed by atoms with Gasteiger partial charge in [-0.25, -0.2) is 4.98 Å². The van der Waals surface area contributed by atoms with Gasteiger partial charge in [-0.1, -0.05) is 11.3 Å². The number of nitrogens with zero attached hydrogens (tertiary/aromatic N) is 2. The number of carbonyl (C=O) groups excluding carboxylic acids is 1. The Labute approximate surface area is 179 Å². The quantitative estimate of drug-likeness (QED) is 0.630. The van der Waals surface area contributed by atoms with Crippen LogP contribution < -0.4 is 5.32 Å². The number of aromatic nitrogens is 2. The first-order valence-corrected chi connectivity index (χ1v) is 10.8. The molecule has 4 rings (SSSR count). The molecule has 3 aromatic heterocycles. The summed E-state index contributed by atoms with van der Waals surface area (Å²) in [6.45, 7) is 6.87. The van der Waals surface area contributed by atoms with Crippen molar-refractivity contribution in [2.45, 2.75) is 39.2 Å². The van der Waals surface area contributed by atoms with Gasteiger partial charge in [0.1, 0.15) is 11.3 Å². The lowest BCUT2D eigenvalue weighted by molar-refractivity contribution is -0.0555.